The third-order valence-electron chi connectivity index (χ3n) is 5.25. The summed E-state index contributed by atoms with van der Waals surface area (Å²) in [4.78, 5) is 14.2. The fraction of sp³-hybridized carbons (Fsp3) is 0.706. The maximum atomic E-state index is 11.8. The molecule has 1 aromatic rings. The predicted octanol–water partition coefficient (Wildman–Crippen LogP) is 3.62. The van der Waals surface area contributed by atoms with E-state index >= 15 is 0 Å². The number of fused-ring (bicyclic) bond motifs is 1. The van der Waals surface area contributed by atoms with Gasteiger partial charge < -0.3 is 9.52 Å². The Labute approximate surface area is 126 Å². The molecule has 1 saturated heterocycles. The summed E-state index contributed by atoms with van der Waals surface area (Å²) in [6, 6.07) is 2.43. The van der Waals surface area contributed by atoms with Crippen molar-refractivity contribution in [2.75, 3.05) is 13.1 Å². The van der Waals surface area contributed by atoms with Crippen LogP contribution in [0.25, 0.3) is 0 Å². The number of carboxylic acids is 1. The maximum absolute atomic E-state index is 11.8. The summed E-state index contributed by atoms with van der Waals surface area (Å²) < 4.78 is 5.58. The van der Waals surface area contributed by atoms with Crippen molar-refractivity contribution in [1.29, 1.82) is 0 Å². The van der Waals surface area contributed by atoms with Crippen molar-refractivity contribution in [3.8, 4) is 0 Å². The summed E-state index contributed by atoms with van der Waals surface area (Å²) in [5, 5.41) is 9.75. The minimum Gasteiger partial charge on any atom is -0.481 e. The number of hydrogen-bond donors (Lipinski definition) is 1. The van der Waals surface area contributed by atoms with Crippen LogP contribution in [-0.4, -0.2) is 29.1 Å². The van der Waals surface area contributed by atoms with Gasteiger partial charge in [0.25, 0.3) is 0 Å². The second-order valence-corrected chi connectivity index (χ2v) is 6.62. The zero-order valence-electron chi connectivity index (χ0n) is 12.8. The zero-order valence-corrected chi connectivity index (χ0v) is 12.8. The molecule has 116 valence electrons. The van der Waals surface area contributed by atoms with Gasteiger partial charge in [0.15, 0.2) is 0 Å². The molecule has 1 aliphatic heterocycles. The minimum absolute atomic E-state index is 0.350. The van der Waals surface area contributed by atoms with Crippen molar-refractivity contribution < 1.29 is 14.3 Å². The van der Waals surface area contributed by atoms with Crippen LogP contribution in [0.1, 0.15) is 62.8 Å². The molecule has 4 nitrogen and oxygen atoms in total. The number of furan rings is 1. The van der Waals surface area contributed by atoms with E-state index in [2.05, 4.69) is 17.9 Å². The molecular formula is C17H25NO3. The van der Waals surface area contributed by atoms with Crippen molar-refractivity contribution in [2.24, 2.45) is 5.41 Å². The average Bonchev–Trinajstić information content (AvgIpc) is 2.96. The first-order valence-corrected chi connectivity index (χ1v) is 8.20. The lowest BCUT2D eigenvalue weighted by Gasteiger charge is -2.44. The molecule has 0 spiro atoms. The quantitative estimate of drug-likeness (QED) is 0.920. The molecule has 0 bridgehead atoms. The van der Waals surface area contributed by atoms with Crippen LogP contribution in [0.4, 0.5) is 0 Å². The molecular weight excluding hydrogens is 266 g/mol. The first kappa shape index (κ1) is 14.6. The van der Waals surface area contributed by atoms with Crippen LogP contribution >= 0.6 is 0 Å². The summed E-state index contributed by atoms with van der Waals surface area (Å²) in [5.74, 6) is 0.491. The fourth-order valence-corrected chi connectivity index (χ4v) is 4.24. The largest absolute Gasteiger partial charge is 0.481 e. The van der Waals surface area contributed by atoms with Gasteiger partial charge >= 0.3 is 5.97 Å². The van der Waals surface area contributed by atoms with Crippen LogP contribution in [0.3, 0.4) is 0 Å². The minimum atomic E-state index is -0.614. The Morgan fingerprint density at radius 3 is 3.14 bits per heavy atom. The topological polar surface area (TPSA) is 53.7 Å². The molecule has 4 heteroatoms. The Kier molecular flexibility index (Phi) is 4.07. The van der Waals surface area contributed by atoms with E-state index in [9.17, 15) is 9.90 Å². The molecule has 2 unspecified atom stereocenters. The van der Waals surface area contributed by atoms with Gasteiger partial charge in [-0.1, -0.05) is 13.3 Å². The van der Waals surface area contributed by atoms with Gasteiger partial charge in [-0.2, -0.15) is 0 Å². The van der Waals surface area contributed by atoms with Gasteiger partial charge in [0.2, 0.25) is 0 Å². The second kappa shape index (κ2) is 5.84. The molecule has 1 N–H and O–H groups in total. The summed E-state index contributed by atoms with van der Waals surface area (Å²) in [6.45, 7) is 3.78. The average molecular weight is 291 g/mol. The number of piperidine rings is 1. The van der Waals surface area contributed by atoms with Crippen LogP contribution in [-0.2, 0) is 11.2 Å². The van der Waals surface area contributed by atoms with Gasteiger partial charge in [-0.15, -0.1) is 0 Å². The number of carboxylic acid groups (broad SMARTS) is 1. The van der Waals surface area contributed by atoms with Crippen LogP contribution in [0.15, 0.2) is 16.7 Å². The molecule has 1 aromatic heterocycles. The number of aliphatic carboxylic acids is 1. The Balaban J connectivity index is 1.82. The van der Waals surface area contributed by atoms with Crippen molar-refractivity contribution in [3.63, 3.8) is 0 Å². The van der Waals surface area contributed by atoms with E-state index in [0.29, 0.717) is 12.6 Å². The highest BCUT2D eigenvalue weighted by Gasteiger charge is 2.43. The van der Waals surface area contributed by atoms with Crippen molar-refractivity contribution >= 4 is 5.97 Å². The van der Waals surface area contributed by atoms with Gasteiger partial charge in [-0.25, -0.2) is 0 Å². The lowest BCUT2D eigenvalue weighted by molar-refractivity contribution is -0.154. The monoisotopic (exact) mass is 291 g/mol. The molecule has 1 fully saturated rings. The van der Waals surface area contributed by atoms with E-state index in [1.807, 2.05) is 0 Å². The molecule has 0 radical (unpaired) electrons. The molecule has 0 amide bonds. The first-order chi connectivity index (χ1) is 10.2. The number of rotatable bonds is 4. The summed E-state index contributed by atoms with van der Waals surface area (Å²) >= 11 is 0. The molecule has 2 heterocycles. The summed E-state index contributed by atoms with van der Waals surface area (Å²) in [5.41, 5.74) is 0.743. The summed E-state index contributed by atoms with van der Waals surface area (Å²) in [7, 11) is 0. The Morgan fingerprint density at radius 1 is 1.52 bits per heavy atom. The molecule has 21 heavy (non-hydrogen) atoms. The number of nitrogens with zero attached hydrogens (tertiary/aromatic N) is 1. The third kappa shape index (κ3) is 2.61. The number of likely N-dealkylation sites (tertiary alicyclic amines) is 1. The highest BCUT2D eigenvalue weighted by Crippen LogP contribution is 2.42. The van der Waals surface area contributed by atoms with Crippen molar-refractivity contribution in [2.45, 2.75) is 57.9 Å². The zero-order chi connectivity index (χ0) is 14.9. The Bertz CT molecular complexity index is 506. The van der Waals surface area contributed by atoms with Crippen LogP contribution in [0.5, 0.6) is 0 Å². The van der Waals surface area contributed by atoms with Gasteiger partial charge in [-0.05, 0) is 44.7 Å². The molecule has 2 atom stereocenters. The first-order valence-electron chi connectivity index (χ1n) is 8.20. The standard InChI is InChI=1S/C17H25NO3/c1-2-8-17(16(19)20)9-4-10-18(12-17)14-5-3-6-15-13(14)7-11-21-15/h7,11,14H,2-6,8-10,12H2,1H3,(H,19,20). The number of hydrogen-bond acceptors (Lipinski definition) is 3. The molecule has 2 aliphatic rings. The van der Waals surface area contributed by atoms with Crippen molar-refractivity contribution in [1.82, 2.24) is 4.90 Å². The molecule has 3 rings (SSSR count). The Morgan fingerprint density at radius 2 is 2.38 bits per heavy atom. The van der Waals surface area contributed by atoms with Gasteiger partial charge in [-0.3, -0.25) is 9.69 Å². The van der Waals surface area contributed by atoms with Crippen LogP contribution < -0.4 is 0 Å². The maximum Gasteiger partial charge on any atom is 0.310 e. The smallest absolute Gasteiger partial charge is 0.310 e. The van der Waals surface area contributed by atoms with Gasteiger partial charge in [0.1, 0.15) is 5.76 Å². The van der Waals surface area contributed by atoms with E-state index in [1.165, 1.54) is 5.56 Å². The normalized spacial score (nSPS) is 30.0. The second-order valence-electron chi connectivity index (χ2n) is 6.62. The predicted molar refractivity (Wildman–Crippen MR) is 80.2 cm³/mol. The highest BCUT2D eigenvalue weighted by atomic mass is 16.4. The van der Waals surface area contributed by atoms with Gasteiger partial charge in [0, 0.05) is 24.6 Å². The van der Waals surface area contributed by atoms with E-state index < -0.39 is 11.4 Å². The van der Waals surface area contributed by atoms with E-state index in [-0.39, 0.29) is 0 Å². The number of aryl methyl sites for hydroxylation is 1. The van der Waals surface area contributed by atoms with E-state index in [4.69, 9.17) is 4.42 Å². The summed E-state index contributed by atoms with van der Waals surface area (Å²) in [6.07, 6.45) is 8.57. The molecule has 0 saturated carbocycles. The SMILES string of the molecule is CCCC1(C(=O)O)CCCN(C2CCCc3occc32)C1. The highest BCUT2D eigenvalue weighted by molar-refractivity contribution is 5.75. The fourth-order valence-electron chi connectivity index (χ4n) is 4.24. The third-order valence-corrected chi connectivity index (χ3v) is 5.25. The Hall–Kier alpha value is -1.29. The lowest BCUT2D eigenvalue weighted by atomic mass is 9.75. The lowest BCUT2D eigenvalue weighted by Crippen LogP contribution is -2.49. The van der Waals surface area contributed by atoms with E-state index in [0.717, 1.165) is 57.3 Å². The molecule has 1 aliphatic carbocycles. The van der Waals surface area contributed by atoms with E-state index in [1.54, 1.807) is 6.26 Å². The van der Waals surface area contributed by atoms with Crippen LogP contribution in [0, 0.1) is 5.41 Å². The molecule has 0 aromatic carbocycles. The number of carbonyl (C=O) groups is 1. The van der Waals surface area contributed by atoms with Crippen LogP contribution in [0.2, 0.25) is 0 Å². The van der Waals surface area contributed by atoms with Crippen molar-refractivity contribution in [3.05, 3.63) is 23.7 Å². The van der Waals surface area contributed by atoms with Gasteiger partial charge in [0.05, 0.1) is 11.7 Å².